The number of anilines is 1. The number of rotatable bonds is 4. The normalized spacial score (nSPS) is 18.2. The summed E-state index contributed by atoms with van der Waals surface area (Å²) >= 11 is 1.97. The van der Waals surface area contributed by atoms with Gasteiger partial charge in [-0.2, -0.15) is 22.0 Å². The van der Waals surface area contributed by atoms with Gasteiger partial charge in [0.2, 0.25) is 0 Å². The van der Waals surface area contributed by atoms with Crippen LogP contribution in [0.4, 0.5) is 5.82 Å². The molecule has 0 spiro atoms. The third-order valence-electron chi connectivity index (χ3n) is 4.80. The lowest BCUT2D eigenvalue weighted by atomic mass is 10.2. The van der Waals surface area contributed by atoms with Crippen LogP contribution >= 0.6 is 11.8 Å². The smallest absolute Gasteiger partial charge is 0.266 e. The van der Waals surface area contributed by atoms with Gasteiger partial charge in [-0.1, -0.05) is 0 Å². The van der Waals surface area contributed by atoms with E-state index in [9.17, 15) is 4.79 Å². The molecule has 0 saturated carbocycles. The summed E-state index contributed by atoms with van der Waals surface area (Å²) in [6, 6.07) is 5.45. The number of piperazine rings is 1. The number of nitrogens with zero attached hydrogens (tertiary/aromatic N) is 6. The Labute approximate surface area is 151 Å². The SMILES string of the molecule is O=c1cccnn1CCN1CCN(c2cc3c(nn2)CCSC3)CC1. The molecule has 2 aromatic rings. The van der Waals surface area contributed by atoms with Crippen LogP contribution in [0.15, 0.2) is 29.2 Å². The average molecular weight is 358 g/mol. The Balaban J connectivity index is 1.32. The summed E-state index contributed by atoms with van der Waals surface area (Å²) in [5.74, 6) is 3.21. The van der Waals surface area contributed by atoms with Crippen molar-refractivity contribution in [1.82, 2.24) is 24.9 Å². The molecule has 0 atom stereocenters. The lowest BCUT2D eigenvalue weighted by molar-refractivity contribution is 0.242. The molecule has 25 heavy (non-hydrogen) atoms. The fourth-order valence-electron chi connectivity index (χ4n) is 3.28. The minimum absolute atomic E-state index is 0.0386. The van der Waals surface area contributed by atoms with Crippen LogP contribution in [0.1, 0.15) is 11.3 Å². The fourth-order valence-corrected chi connectivity index (χ4v) is 4.23. The van der Waals surface area contributed by atoms with E-state index in [0.29, 0.717) is 6.54 Å². The van der Waals surface area contributed by atoms with Crippen LogP contribution in [0.25, 0.3) is 0 Å². The van der Waals surface area contributed by atoms with Crippen LogP contribution in [0, 0.1) is 0 Å². The zero-order valence-corrected chi connectivity index (χ0v) is 15.0. The van der Waals surface area contributed by atoms with E-state index in [-0.39, 0.29) is 5.56 Å². The molecule has 2 aliphatic heterocycles. The van der Waals surface area contributed by atoms with Gasteiger partial charge < -0.3 is 4.90 Å². The van der Waals surface area contributed by atoms with Crippen molar-refractivity contribution in [1.29, 1.82) is 0 Å². The minimum Gasteiger partial charge on any atom is -0.353 e. The minimum atomic E-state index is -0.0386. The van der Waals surface area contributed by atoms with Gasteiger partial charge in [-0.25, -0.2) is 4.68 Å². The first-order valence-electron chi connectivity index (χ1n) is 8.72. The Kier molecular flexibility index (Phi) is 4.98. The molecule has 1 fully saturated rings. The zero-order chi connectivity index (χ0) is 17.1. The zero-order valence-electron chi connectivity index (χ0n) is 14.2. The Hall–Kier alpha value is -1.93. The quantitative estimate of drug-likeness (QED) is 0.795. The maximum atomic E-state index is 11.7. The molecule has 0 radical (unpaired) electrons. The van der Waals surface area contributed by atoms with Crippen LogP contribution in [-0.4, -0.2) is 63.4 Å². The maximum Gasteiger partial charge on any atom is 0.266 e. The van der Waals surface area contributed by atoms with E-state index < -0.39 is 0 Å². The molecule has 4 rings (SSSR count). The van der Waals surface area contributed by atoms with Gasteiger partial charge in [-0.15, -0.1) is 5.10 Å². The van der Waals surface area contributed by atoms with Crippen LogP contribution in [0.5, 0.6) is 0 Å². The molecule has 0 bridgehead atoms. The molecule has 7 nitrogen and oxygen atoms in total. The van der Waals surface area contributed by atoms with Gasteiger partial charge in [0.25, 0.3) is 5.56 Å². The van der Waals surface area contributed by atoms with Crippen LogP contribution < -0.4 is 10.5 Å². The number of hydrogen-bond donors (Lipinski definition) is 0. The van der Waals surface area contributed by atoms with Gasteiger partial charge >= 0.3 is 0 Å². The van der Waals surface area contributed by atoms with Gasteiger partial charge in [-0.3, -0.25) is 9.69 Å². The molecule has 1 saturated heterocycles. The van der Waals surface area contributed by atoms with Gasteiger partial charge in [0.05, 0.1) is 12.2 Å². The number of thioether (sulfide) groups is 1. The van der Waals surface area contributed by atoms with Crippen LogP contribution in [0.2, 0.25) is 0 Å². The standard InChI is InChI=1S/C17H22N6OS/c24-17-2-1-4-18-23(17)10-7-21-5-8-22(9-6-21)16-12-14-13-25-11-3-15(14)19-20-16/h1-2,4,12H,3,5-11,13H2. The summed E-state index contributed by atoms with van der Waals surface area (Å²) in [4.78, 5) is 16.4. The summed E-state index contributed by atoms with van der Waals surface area (Å²) in [5.41, 5.74) is 2.48. The van der Waals surface area contributed by atoms with Crippen molar-refractivity contribution in [3.63, 3.8) is 0 Å². The van der Waals surface area contributed by atoms with Crippen molar-refractivity contribution in [3.05, 3.63) is 46.0 Å². The molecule has 0 unspecified atom stereocenters. The monoisotopic (exact) mass is 358 g/mol. The first-order valence-corrected chi connectivity index (χ1v) is 9.88. The van der Waals surface area contributed by atoms with E-state index in [2.05, 4.69) is 31.2 Å². The molecule has 4 heterocycles. The van der Waals surface area contributed by atoms with Crippen molar-refractivity contribution >= 4 is 17.6 Å². The Morgan fingerprint density at radius 1 is 1.12 bits per heavy atom. The first-order chi connectivity index (χ1) is 12.3. The Morgan fingerprint density at radius 2 is 2.00 bits per heavy atom. The highest BCUT2D eigenvalue weighted by Gasteiger charge is 2.20. The summed E-state index contributed by atoms with van der Waals surface area (Å²) < 4.78 is 1.53. The number of fused-ring (bicyclic) bond motifs is 1. The molecule has 0 aliphatic carbocycles. The second-order valence-electron chi connectivity index (χ2n) is 6.39. The van der Waals surface area contributed by atoms with Gasteiger partial charge in [-0.05, 0) is 23.4 Å². The van der Waals surface area contributed by atoms with Gasteiger partial charge in [0.15, 0.2) is 5.82 Å². The summed E-state index contributed by atoms with van der Waals surface area (Å²) in [6.45, 7) is 5.30. The molecule has 2 aliphatic rings. The van der Waals surface area contributed by atoms with Crippen molar-refractivity contribution < 1.29 is 0 Å². The van der Waals surface area contributed by atoms with E-state index in [4.69, 9.17) is 0 Å². The number of aromatic nitrogens is 4. The van der Waals surface area contributed by atoms with Crippen molar-refractivity contribution in [2.75, 3.05) is 43.4 Å². The van der Waals surface area contributed by atoms with Crippen LogP contribution in [0.3, 0.4) is 0 Å². The van der Waals surface area contributed by atoms with Crippen LogP contribution in [-0.2, 0) is 18.7 Å². The predicted molar refractivity (Wildman–Crippen MR) is 99.0 cm³/mol. The topological polar surface area (TPSA) is 67.2 Å². The highest BCUT2D eigenvalue weighted by Crippen LogP contribution is 2.25. The van der Waals surface area contributed by atoms with Crippen molar-refractivity contribution in [2.45, 2.75) is 18.7 Å². The van der Waals surface area contributed by atoms with Crippen molar-refractivity contribution in [2.24, 2.45) is 0 Å². The average Bonchev–Trinajstić information content (AvgIpc) is 2.67. The molecular weight excluding hydrogens is 336 g/mol. The predicted octanol–water partition coefficient (Wildman–Crippen LogP) is 0.645. The van der Waals surface area contributed by atoms with E-state index >= 15 is 0 Å². The molecule has 8 heteroatoms. The molecule has 0 amide bonds. The number of hydrogen-bond acceptors (Lipinski definition) is 7. The molecule has 0 aromatic carbocycles. The molecule has 2 aromatic heterocycles. The van der Waals surface area contributed by atoms with E-state index in [1.165, 1.54) is 15.9 Å². The first kappa shape index (κ1) is 16.5. The summed E-state index contributed by atoms with van der Waals surface area (Å²) in [6.07, 6.45) is 2.69. The number of aryl methyl sites for hydroxylation is 1. The molecule has 132 valence electrons. The lowest BCUT2D eigenvalue weighted by Crippen LogP contribution is -2.48. The van der Waals surface area contributed by atoms with Crippen molar-refractivity contribution in [3.8, 4) is 0 Å². The largest absolute Gasteiger partial charge is 0.353 e. The van der Waals surface area contributed by atoms with E-state index in [1.54, 1.807) is 18.3 Å². The second kappa shape index (κ2) is 7.53. The van der Waals surface area contributed by atoms with E-state index in [1.807, 2.05) is 11.8 Å². The Morgan fingerprint density at radius 3 is 2.84 bits per heavy atom. The summed E-state index contributed by atoms with van der Waals surface area (Å²) in [5, 5.41) is 13.0. The summed E-state index contributed by atoms with van der Waals surface area (Å²) in [7, 11) is 0. The van der Waals surface area contributed by atoms with E-state index in [0.717, 1.165) is 56.5 Å². The third kappa shape index (κ3) is 3.85. The fraction of sp³-hybridized carbons (Fsp3) is 0.529. The van der Waals surface area contributed by atoms with Gasteiger partial charge in [0.1, 0.15) is 0 Å². The Bertz CT molecular complexity index is 787. The molecule has 0 N–H and O–H groups in total. The molecular formula is C17H22N6OS. The van der Waals surface area contributed by atoms with Gasteiger partial charge in [0, 0.05) is 57.2 Å². The third-order valence-corrected chi connectivity index (χ3v) is 5.81. The highest BCUT2D eigenvalue weighted by atomic mass is 32.2. The second-order valence-corrected chi connectivity index (χ2v) is 7.50. The highest BCUT2D eigenvalue weighted by molar-refractivity contribution is 7.98. The maximum absolute atomic E-state index is 11.7. The lowest BCUT2D eigenvalue weighted by Gasteiger charge is -2.35.